The third-order valence-electron chi connectivity index (χ3n) is 6.81. The summed E-state index contributed by atoms with van der Waals surface area (Å²) in [7, 11) is 3.25. The van der Waals surface area contributed by atoms with Crippen LogP contribution in [0.2, 0.25) is 0 Å². The van der Waals surface area contributed by atoms with Gasteiger partial charge in [-0.05, 0) is 76.3 Å². The van der Waals surface area contributed by atoms with E-state index in [-0.39, 0.29) is 11.7 Å². The van der Waals surface area contributed by atoms with Gasteiger partial charge >= 0.3 is 5.97 Å². The topological polar surface area (TPSA) is 73.9 Å². The first kappa shape index (κ1) is 27.3. The quantitative estimate of drug-likeness (QED) is 0.280. The normalized spacial score (nSPS) is 19.3. The van der Waals surface area contributed by atoms with Gasteiger partial charge in [0.25, 0.3) is 0 Å². The molecule has 0 amide bonds. The molecule has 0 unspecified atom stereocenters. The fourth-order valence-corrected chi connectivity index (χ4v) is 6.08. The van der Waals surface area contributed by atoms with E-state index in [1.807, 2.05) is 49.4 Å². The summed E-state index contributed by atoms with van der Waals surface area (Å²) in [5.41, 5.74) is 4.63. The average Bonchev–Trinajstić information content (AvgIpc) is 2.90. The maximum absolute atomic E-state index is 13.8. The second-order valence-corrected chi connectivity index (χ2v) is 11.3. The van der Waals surface area contributed by atoms with Gasteiger partial charge in [0.05, 0.1) is 24.3 Å². The van der Waals surface area contributed by atoms with Crippen LogP contribution in [0, 0.1) is 0 Å². The lowest BCUT2D eigenvalue weighted by Gasteiger charge is -2.36. The van der Waals surface area contributed by atoms with E-state index in [0.717, 1.165) is 38.6 Å². The number of carbonyl (C=O) groups is 2. The monoisotopic (exact) mass is 585 g/mol. The Morgan fingerprint density at radius 3 is 2.46 bits per heavy atom. The predicted molar refractivity (Wildman–Crippen MR) is 150 cm³/mol. The van der Waals surface area contributed by atoms with Crippen LogP contribution in [0.5, 0.6) is 11.5 Å². The summed E-state index contributed by atoms with van der Waals surface area (Å²) in [6, 6.07) is 13.6. The summed E-state index contributed by atoms with van der Waals surface area (Å²) in [6.45, 7) is 4.28. The summed E-state index contributed by atoms with van der Waals surface area (Å²) in [4.78, 5) is 27.1. The van der Waals surface area contributed by atoms with E-state index in [4.69, 9.17) is 14.2 Å². The van der Waals surface area contributed by atoms with E-state index >= 15 is 0 Å². The molecule has 4 rings (SSSR count). The highest BCUT2D eigenvalue weighted by atomic mass is 79.9. The zero-order valence-electron chi connectivity index (χ0n) is 21.6. The molecule has 0 bridgehead atoms. The number of esters is 1. The number of rotatable bonds is 9. The van der Waals surface area contributed by atoms with Crippen molar-refractivity contribution in [2.75, 3.05) is 32.3 Å². The largest absolute Gasteiger partial charge is 0.497 e. The van der Waals surface area contributed by atoms with Gasteiger partial charge < -0.3 is 19.5 Å². The van der Waals surface area contributed by atoms with Crippen molar-refractivity contribution in [1.82, 2.24) is 5.32 Å². The van der Waals surface area contributed by atoms with Crippen molar-refractivity contribution >= 4 is 39.4 Å². The van der Waals surface area contributed by atoms with Gasteiger partial charge in [-0.15, -0.1) is 0 Å². The second-order valence-electron chi connectivity index (χ2n) is 9.02. The summed E-state index contributed by atoms with van der Waals surface area (Å²) >= 11 is 5.29. The number of Topliss-reactive ketones (excluding diaryl/α,β-unsaturated/α-hetero) is 1. The maximum Gasteiger partial charge on any atom is 0.336 e. The molecule has 1 heterocycles. The van der Waals surface area contributed by atoms with Gasteiger partial charge in [-0.25, -0.2) is 4.79 Å². The molecule has 0 spiro atoms. The number of ketones is 1. The molecule has 1 N–H and O–H groups in total. The lowest BCUT2D eigenvalue weighted by molar-refractivity contribution is -0.138. The molecule has 2 aromatic carbocycles. The zero-order valence-corrected chi connectivity index (χ0v) is 24.0. The van der Waals surface area contributed by atoms with Gasteiger partial charge in [0.1, 0.15) is 18.1 Å². The highest BCUT2D eigenvalue weighted by Gasteiger charge is 2.41. The fraction of sp³-hybridized carbons (Fsp3) is 0.379. The molecule has 0 saturated carbocycles. The number of ether oxygens (including phenoxy) is 3. The molecule has 2 atom stereocenters. The van der Waals surface area contributed by atoms with Crippen molar-refractivity contribution in [2.45, 2.75) is 38.5 Å². The zero-order chi connectivity index (χ0) is 26.5. The minimum absolute atomic E-state index is 0.0332. The Hall–Kier alpha value is -2.71. The van der Waals surface area contributed by atoms with Crippen molar-refractivity contribution in [2.24, 2.45) is 0 Å². The Morgan fingerprint density at radius 2 is 1.81 bits per heavy atom. The highest BCUT2D eigenvalue weighted by molar-refractivity contribution is 9.10. The molecule has 1 aliphatic heterocycles. The van der Waals surface area contributed by atoms with Crippen LogP contribution in [0.4, 0.5) is 0 Å². The Labute approximate surface area is 231 Å². The van der Waals surface area contributed by atoms with Crippen LogP contribution >= 0.6 is 27.7 Å². The van der Waals surface area contributed by atoms with Crippen molar-refractivity contribution in [1.29, 1.82) is 0 Å². The SMILES string of the molecule is CCSCCOC(=O)C1=C(C)NC2=C(C(=O)C[C@@H](c3ccc(OC)cc3)C2)[C@H]1c1ccc(OC)c(Br)c1. The average molecular weight is 587 g/mol. The third kappa shape index (κ3) is 5.91. The fourth-order valence-electron chi connectivity index (χ4n) is 5.03. The maximum atomic E-state index is 13.8. The summed E-state index contributed by atoms with van der Waals surface area (Å²) in [5, 5.41) is 3.41. The second kappa shape index (κ2) is 12.2. The van der Waals surface area contributed by atoms with E-state index < -0.39 is 11.9 Å². The van der Waals surface area contributed by atoms with E-state index in [2.05, 4.69) is 28.2 Å². The summed E-state index contributed by atoms with van der Waals surface area (Å²) in [6.07, 6.45) is 1.04. The standard InChI is InChI=1S/C29H32BrNO5S/c1-5-37-13-12-36-29(33)26-17(2)31-23-15-20(18-6-9-21(34-3)10-7-18)16-24(32)28(23)27(26)19-8-11-25(35-4)22(30)14-19/h6-11,14,20,27,31H,5,12-13,15-16H2,1-4H3/t20-,27-/m0/s1. The molecule has 37 heavy (non-hydrogen) atoms. The highest BCUT2D eigenvalue weighted by Crippen LogP contribution is 2.46. The molecular weight excluding hydrogens is 554 g/mol. The molecule has 2 aromatic rings. The number of methoxy groups -OCH3 is 2. The van der Waals surface area contributed by atoms with Crippen molar-refractivity contribution in [3.8, 4) is 11.5 Å². The number of thioether (sulfide) groups is 1. The van der Waals surface area contributed by atoms with Gasteiger partial charge in [-0.3, -0.25) is 4.79 Å². The first-order valence-electron chi connectivity index (χ1n) is 12.3. The van der Waals surface area contributed by atoms with Crippen LogP contribution in [-0.2, 0) is 14.3 Å². The Kier molecular flexibility index (Phi) is 9.03. The minimum atomic E-state index is -0.519. The van der Waals surface area contributed by atoms with Crippen LogP contribution in [0.15, 0.2) is 69.5 Å². The molecule has 196 valence electrons. The van der Waals surface area contributed by atoms with E-state index in [1.165, 1.54) is 0 Å². The van der Waals surface area contributed by atoms with Gasteiger partial charge in [-0.1, -0.05) is 25.1 Å². The van der Waals surface area contributed by atoms with Gasteiger partial charge in [0.2, 0.25) is 0 Å². The number of halogens is 1. The van der Waals surface area contributed by atoms with Crippen LogP contribution in [0.25, 0.3) is 0 Å². The molecule has 0 aromatic heterocycles. The molecule has 0 radical (unpaired) electrons. The molecule has 0 saturated heterocycles. The number of hydrogen-bond donors (Lipinski definition) is 1. The van der Waals surface area contributed by atoms with Crippen LogP contribution in [0.1, 0.15) is 49.7 Å². The Morgan fingerprint density at radius 1 is 1.08 bits per heavy atom. The number of benzene rings is 2. The number of carbonyl (C=O) groups excluding carboxylic acids is 2. The lowest BCUT2D eigenvalue weighted by atomic mass is 9.71. The number of allylic oxidation sites excluding steroid dienone is 3. The number of nitrogens with one attached hydrogen (secondary N) is 1. The molecule has 8 heteroatoms. The molecule has 1 aliphatic carbocycles. The third-order valence-corrected chi connectivity index (χ3v) is 8.29. The summed E-state index contributed by atoms with van der Waals surface area (Å²) < 4.78 is 17.1. The van der Waals surface area contributed by atoms with Crippen LogP contribution < -0.4 is 14.8 Å². The molecule has 6 nitrogen and oxygen atoms in total. The lowest BCUT2D eigenvalue weighted by Crippen LogP contribution is -2.36. The first-order valence-corrected chi connectivity index (χ1v) is 14.3. The van der Waals surface area contributed by atoms with Crippen molar-refractivity contribution in [3.63, 3.8) is 0 Å². The van der Waals surface area contributed by atoms with Crippen molar-refractivity contribution in [3.05, 3.63) is 80.6 Å². The van der Waals surface area contributed by atoms with Gasteiger partial charge in [-0.2, -0.15) is 11.8 Å². The van der Waals surface area contributed by atoms with Gasteiger partial charge in [0.15, 0.2) is 5.78 Å². The summed E-state index contributed by atoms with van der Waals surface area (Å²) in [5.74, 6) is 2.32. The first-order chi connectivity index (χ1) is 17.9. The smallest absolute Gasteiger partial charge is 0.336 e. The van der Waals surface area contributed by atoms with Crippen LogP contribution in [0.3, 0.4) is 0 Å². The van der Waals surface area contributed by atoms with Crippen molar-refractivity contribution < 1.29 is 23.8 Å². The van der Waals surface area contributed by atoms with E-state index in [0.29, 0.717) is 42.0 Å². The molecule has 0 fully saturated rings. The number of hydrogen-bond acceptors (Lipinski definition) is 7. The van der Waals surface area contributed by atoms with E-state index in [9.17, 15) is 9.59 Å². The van der Waals surface area contributed by atoms with Crippen LogP contribution in [-0.4, -0.2) is 44.1 Å². The Bertz CT molecular complexity index is 1240. The molecular formula is C29H32BrNO5S. The number of dihydropyridines is 1. The van der Waals surface area contributed by atoms with Gasteiger partial charge in [0, 0.05) is 35.1 Å². The van der Waals surface area contributed by atoms with E-state index in [1.54, 1.807) is 26.0 Å². The minimum Gasteiger partial charge on any atom is -0.497 e. The molecule has 2 aliphatic rings. The Balaban J connectivity index is 1.72. The predicted octanol–water partition coefficient (Wildman–Crippen LogP) is 6.12.